The Hall–Kier alpha value is 0.400. The molecule has 13 heavy (non-hydrogen) atoms. The smallest absolute Gasteiger partial charge is 0.127 e. The third-order valence-electron chi connectivity index (χ3n) is 1.75. The van der Waals surface area contributed by atoms with Crippen LogP contribution in [0, 0.1) is 5.82 Å². The number of hydrogen-bond donors (Lipinski definition) is 0. The highest BCUT2D eigenvalue weighted by molar-refractivity contribution is 9.10. The summed E-state index contributed by atoms with van der Waals surface area (Å²) in [5.41, 5.74) is 1.70. The van der Waals surface area contributed by atoms with Crippen molar-refractivity contribution in [1.29, 1.82) is 0 Å². The van der Waals surface area contributed by atoms with Gasteiger partial charge >= 0.3 is 0 Å². The SMILES string of the molecule is Fc1ccc(CBr)c(Br)c1CCCl. The largest absolute Gasteiger partial charge is 0.207 e. The van der Waals surface area contributed by atoms with E-state index in [0.717, 1.165) is 10.0 Å². The Morgan fingerprint density at radius 3 is 2.62 bits per heavy atom. The van der Waals surface area contributed by atoms with Crippen LogP contribution in [0.2, 0.25) is 0 Å². The van der Waals surface area contributed by atoms with E-state index in [1.165, 1.54) is 6.07 Å². The van der Waals surface area contributed by atoms with Gasteiger partial charge in [-0.2, -0.15) is 0 Å². The molecule has 1 aromatic rings. The van der Waals surface area contributed by atoms with Gasteiger partial charge in [0, 0.05) is 21.2 Å². The van der Waals surface area contributed by atoms with Crippen molar-refractivity contribution < 1.29 is 4.39 Å². The van der Waals surface area contributed by atoms with Gasteiger partial charge in [0.1, 0.15) is 5.82 Å². The van der Waals surface area contributed by atoms with Crippen molar-refractivity contribution in [3.05, 3.63) is 33.5 Å². The molecule has 0 amide bonds. The second-order valence-corrected chi connectivity index (χ2v) is 4.30. The summed E-state index contributed by atoms with van der Waals surface area (Å²) in [4.78, 5) is 0. The van der Waals surface area contributed by atoms with E-state index in [1.54, 1.807) is 6.07 Å². The van der Waals surface area contributed by atoms with Gasteiger partial charge in [0.2, 0.25) is 0 Å². The lowest BCUT2D eigenvalue weighted by molar-refractivity contribution is 0.610. The van der Waals surface area contributed by atoms with Gasteiger partial charge in [-0.05, 0) is 18.1 Å². The number of hydrogen-bond acceptors (Lipinski definition) is 0. The molecular formula is C9H8Br2ClF. The third kappa shape index (κ3) is 2.67. The minimum atomic E-state index is -0.197. The molecule has 1 rings (SSSR count). The number of alkyl halides is 2. The molecule has 1 aromatic carbocycles. The lowest BCUT2D eigenvalue weighted by atomic mass is 10.1. The Balaban J connectivity index is 3.13. The molecule has 0 N–H and O–H groups in total. The summed E-state index contributed by atoms with van der Waals surface area (Å²) in [5.74, 6) is 0.235. The molecule has 0 saturated carbocycles. The van der Waals surface area contributed by atoms with Crippen LogP contribution in [-0.4, -0.2) is 5.88 Å². The third-order valence-corrected chi connectivity index (χ3v) is 3.54. The molecule has 0 aliphatic carbocycles. The number of halogens is 4. The zero-order valence-electron chi connectivity index (χ0n) is 6.79. The van der Waals surface area contributed by atoms with E-state index >= 15 is 0 Å². The first-order chi connectivity index (χ1) is 6.20. The minimum Gasteiger partial charge on any atom is -0.207 e. The predicted octanol–water partition coefficient (Wildman–Crippen LogP) is 4.26. The maximum absolute atomic E-state index is 13.2. The topological polar surface area (TPSA) is 0 Å². The summed E-state index contributed by atoms with van der Waals surface area (Å²) in [6.45, 7) is 0. The van der Waals surface area contributed by atoms with Crippen LogP contribution >= 0.6 is 43.5 Å². The molecule has 0 fully saturated rings. The van der Waals surface area contributed by atoms with Crippen LogP contribution in [0.25, 0.3) is 0 Å². The standard InChI is InChI=1S/C9H8Br2ClF/c10-5-6-1-2-8(13)7(3-4-12)9(6)11/h1-2H,3-5H2. The quantitative estimate of drug-likeness (QED) is 0.726. The fraction of sp³-hybridized carbons (Fsp3) is 0.333. The highest BCUT2D eigenvalue weighted by Crippen LogP contribution is 2.26. The Labute approximate surface area is 98.7 Å². The molecule has 0 atom stereocenters. The monoisotopic (exact) mass is 328 g/mol. The second-order valence-electron chi connectivity index (χ2n) is 2.57. The molecule has 0 aliphatic heterocycles. The van der Waals surface area contributed by atoms with Crippen LogP contribution in [0.3, 0.4) is 0 Å². The van der Waals surface area contributed by atoms with E-state index < -0.39 is 0 Å². The van der Waals surface area contributed by atoms with Crippen molar-refractivity contribution in [2.45, 2.75) is 11.8 Å². The predicted molar refractivity (Wildman–Crippen MR) is 61.2 cm³/mol. The van der Waals surface area contributed by atoms with Crippen LogP contribution in [0.5, 0.6) is 0 Å². The van der Waals surface area contributed by atoms with Crippen LogP contribution in [0.4, 0.5) is 4.39 Å². The van der Waals surface area contributed by atoms with Crippen molar-refractivity contribution in [1.82, 2.24) is 0 Å². The fourth-order valence-corrected chi connectivity index (χ4v) is 2.77. The van der Waals surface area contributed by atoms with Gasteiger partial charge in [-0.1, -0.05) is 37.9 Å². The molecule has 0 unspecified atom stereocenters. The molecular weight excluding hydrogens is 322 g/mol. The first-order valence-electron chi connectivity index (χ1n) is 3.78. The maximum atomic E-state index is 13.2. The lowest BCUT2D eigenvalue weighted by Crippen LogP contribution is -1.96. The molecule has 0 aromatic heterocycles. The van der Waals surface area contributed by atoms with Crippen LogP contribution in [-0.2, 0) is 11.8 Å². The van der Waals surface area contributed by atoms with Crippen molar-refractivity contribution in [2.75, 3.05) is 5.88 Å². The molecule has 0 spiro atoms. The Morgan fingerprint density at radius 2 is 2.08 bits per heavy atom. The highest BCUT2D eigenvalue weighted by Gasteiger charge is 2.09. The Bertz CT molecular complexity index is 302. The summed E-state index contributed by atoms with van der Waals surface area (Å²) in [5, 5.41) is 0.711. The van der Waals surface area contributed by atoms with Crippen molar-refractivity contribution in [3.8, 4) is 0 Å². The van der Waals surface area contributed by atoms with Crippen molar-refractivity contribution >= 4 is 43.5 Å². The average Bonchev–Trinajstić information content (AvgIpc) is 2.12. The molecule has 0 saturated heterocycles. The van der Waals surface area contributed by atoms with E-state index in [4.69, 9.17) is 11.6 Å². The molecule has 4 heteroatoms. The Morgan fingerprint density at radius 1 is 1.38 bits per heavy atom. The van der Waals surface area contributed by atoms with Crippen LogP contribution in [0.1, 0.15) is 11.1 Å². The average molecular weight is 330 g/mol. The van der Waals surface area contributed by atoms with Gasteiger partial charge in [0.15, 0.2) is 0 Å². The first-order valence-corrected chi connectivity index (χ1v) is 6.23. The van der Waals surface area contributed by atoms with Gasteiger partial charge in [0.25, 0.3) is 0 Å². The van der Waals surface area contributed by atoms with Crippen molar-refractivity contribution in [2.24, 2.45) is 0 Å². The number of rotatable bonds is 3. The zero-order chi connectivity index (χ0) is 9.84. The van der Waals surface area contributed by atoms with E-state index in [-0.39, 0.29) is 5.82 Å². The molecule has 0 aliphatic rings. The molecule has 0 radical (unpaired) electrons. The van der Waals surface area contributed by atoms with E-state index in [2.05, 4.69) is 31.9 Å². The molecule has 72 valence electrons. The van der Waals surface area contributed by atoms with Crippen LogP contribution in [0.15, 0.2) is 16.6 Å². The van der Waals surface area contributed by atoms with Gasteiger partial charge in [-0.15, -0.1) is 11.6 Å². The lowest BCUT2D eigenvalue weighted by Gasteiger charge is -2.07. The second kappa shape index (κ2) is 5.32. The minimum absolute atomic E-state index is 0.197. The fourth-order valence-electron chi connectivity index (χ4n) is 1.07. The summed E-state index contributed by atoms with van der Waals surface area (Å²) < 4.78 is 14.1. The summed E-state index contributed by atoms with van der Waals surface area (Å²) in [6.07, 6.45) is 0.550. The summed E-state index contributed by atoms with van der Waals surface area (Å²) in [6, 6.07) is 3.23. The normalized spacial score (nSPS) is 10.5. The molecule has 0 heterocycles. The van der Waals surface area contributed by atoms with Gasteiger partial charge in [-0.3, -0.25) is 0 Å². The van der Waals surface area contributed by atoms with Gasteiger partial charge in [-0.25, -0.2) is 4.39 Å². The zero-order valence-corrected chi connectivity index (χ0v) is 10.7. The highest BCUT2D eigenvalue weighted by atomic mass is 79.9. The number of benzene rings is 1. The molecule has 0 nitrogen and oxygen atoms in total. The van der Waals surface area contributed by atoms with Gasteiger partial charge in [0.05, 0.1) is 0 Å². The van der Waals surface area contributed by atoms with Crippen molar-refractivity contribution in [3.63, 3.8) is 0 Å². The maximum Gasteiger partial charge on any atom is 0.127 e. The van der Waals surface area contributed by atoms with E-state index in [0.29, 0.717) is 23.2 Å². The van der Waals surface area contributed by atoms with E-state index in [1.807, 2.05) is 0 Å². The van der Waals surface area contributed by atoms with Crippen LogP contribution < -0.4 is 0 Å². The van der Waals surface area contributed by atoms with E-state index in [9.17, 15) is 4.39 Å². The first kappa shape index (κ1) is 11.5. The summed E-state index contributed by atoms with van der Waals surface area (Å²) in [7, 11) is 0. The summed E-state index contributed by atoms with van der Waals surface area (Å²) >= 11 is 12.3. The Kier molecular flexibility index (Phi) is 4.70. The van der Waals surface area contributed by atoms with Gasteiger partial charge < -0.3 is 0 Å². The molecule has 0 bridgehead atoms.